The Hall–Kier alpha value is -2.02. The fourth-order valence-corrected chi connectivity index (χ4v) is 1.50. The second-order valence-corrected chi connectivity index (χ2v) is 3.24. The van der Waals surface area contributed by atoms with Crippen molar-refractivity contribution in [2.45, 2.75) is 0 Å². The van der Waals surface area contributed by atoms with E-state index in [1.54, 1.807) is 24.3 Å². The van der Waals surface area contributed by atoms with Crippen LogP contribution < -0.4 is 0 Å². The summed E-state index contributed by atoms with van der Waals surface area (Å²) in [5.74, 6) is 2.48. The first-order chi connectivity index (χ1) is 6.30. The Kier molecular flexibility index (Phi) is 2.87. The van der Waals surface area contributed by atoms with E-state index in [0.29, 0.717) is 0 Å². The van der Waals surface area contributed by atoms with E-state index < -0.39 is 0 Å². The SMILES string of the molecule is C#Cc1ccc(C=C(C#N)C#N)s1. The van der Waals surface area contributed by atoms with Crippen molar-refractivity contribution in [1.82, 2.24) is 0 Å². The van der Waals surface area contributed by atoms with Gasteiger partial charge in [-0.25, -0.2) is 0 Å². The first-order valence-corrected chi connectivity index (χ1v) is 4.20. The Labute approximate surface area is 80.4 Å². The highest BCUT2D eigenvalue weighted by atomic mass is 32.1. The summed E-state index contributed by atoms with van der Waals surface area (Å²) in [6, 6.07) is 7.13. The second kappa shape index (κ2) is 4.12. The standard InChI is InChI=1S/C10H4N2S/c1-2-9-3-4-10(13-9)5-8(6-11)7-12/h1,3-5H. The molecule has 0 unspecified atom stereocenters. The second-order valence-electron chi connectivity index (χ2n) is 2.13. The summed E-state index contributed by atoms with van der Waals surface area (Å²) < 4.78 is 0. The summed E-state index contributed by atoms with van der Waals surface area (Å²) in [6.45, 7) is 0. The molecule has 0 radical (unpaired) electrons. The lowest BCUT2D eigenvalue weighted by Gasteiger charge is -1.81. The minimum Gasteiger partial charge on any atom is -0.192 e. The maximum atomic E-state index is 8.47. The van der Waals surface area contributed by atoms with E-state index in [2.05, 4.69) is 5.92 Å². The molecule has 1 aromatic rings. The lowest BCUT2D eigenvalue weighted by molar-refractivity contribution is 1.47. The van der Waals surface area contributed by atoms with Crippen molar-refractivity contribution in [1.29, 1.82) is 10.5 Å². The molecular weight excluding hydrogens is 180 g/mol. The number of terminal acetylenes is 1. The zero-order chi connectivity index (χ0) is 9.68. The number of thiophene rings is 1. The molecule has 0 bridgehead atoms. The topological polar surface area (TPSA) is 47.6 Å². The van der Waals surface area contributed by atoms with Gasteiger partial charge in [0.15, 0.2) is 0 Å². The first-order valence-electron chi connectivity index (χ1n) is 3.38. The molecule has 0 aliphatic carbocycles. The van der Waals surface area contributed by atoms with Gasteiger partial charge in [0.25, 0.3) is 0 Å². The molecule has 0 atom stereocenters. The van der Waals surface area contributed by atoms with Gasteiger partial charge in [0, 0.05) is 4.88 Å². The van der Waals surface area contributed by atoms with Gasteiger partial charge in [0.2, 0.25) is 0 Å². The third-order valence-electron chi connectivity index (χ3n) is 1.30. The van der Waals surface area contributed by atoms with Crippen LogP contribution in [0.15, 0.2) is 17.7 Å². The smallest absolute Gasteiger partial charge is 0.131 e. The third-order valence-corrected chi connectivity index (χ3v) is 2.26. The van der Waals surface area contributed by atoms with Crippen LogP contribution in [0.5, 0.6) is 0 Å². The van der Waals surface area contributed by atoms with E-state index in [4.69, 9.17) is 16.9 Å². The number of nitriles is 2. The zero-order valence-electron chi connectivity index (χ0n) is 6.61. The molecule has 0 aliphatic heterocycles. The molecule has 0 saturated carbocycles. The third kappa shape index (κ3) is 2.20. The average molecular weight is 184 g/mol. The van der Waals surface area contributed by atoms with Crippen molar-refractivity contribution in [3.8, 4) is 24.5 Å². The predicted octanol–water partition coefficient (Wildman–Crippen LogP) is 2.16. The highest BCUT2D eigenvalue weighted by Crippen LogP contribution is 2.17. The number of nitrogens with zero attached hydrogens (tertiary/aromatic N) is 2. The van der Waals surface area contributed by atoms with Gasteiger partial charge in [0.05, 0.1) is 4.88 Å². The van der Waals surface area contributed by atoms with E-state index >= 15 is 0 Å². The van der Waals surface area contributed by atoms with E-state index in [1.165, 1.54) is 17.4 Å². The lowest BCUT2D eigenvalue weighted by atomic mass is 10.3. The number of hydrogen-bond acceptors (Lipinski definition) is 3. The molecule has 60 valence electrons. The molecule has 0 aliphatic rings. The van der Waals surface area contributed by atoms with Gasteiger partial charge in [-0.15, -0.1) is 17.8 Å². The van der Waals surface area contributed by atoms with Crippen LogP contribution in [0.25, 0.3) is 6.08 Å². The molecule has 0 saturated heterocycles. The van der Waals surface area contributed by atoms with Crippen LogP contribution in [-0.4, -0.2) is 0 Å². The molecule has 0 aromatic carbocycles. The first kappa shape index (κ1) is 9.07. The molecule has 13 heavy (non-hydrogen) atoms. The van der Waals surface area contributed by atoms with Gasteiger partial charge in [-0.2, -0.15) is 10.5 Å². The Bertz CT molecular complexity index is 444. The number of allylic oxidation sites excluding steroid dienone is 1. The van der Waals surface area contributed by atoms with Crippen molar-refractivity contribution in [2.75, 3.05) is 0 Å². The number of hydrogen-bond donors (Lipinski definition) is 0. The Morgan fingerprint density at radius 3 is 2.54 bits per heavy atom. The summed E-state index contributed by atoms with van der Waals surface area (Å²) in [5.41, 5.74) is 0.0884. The molecule has 1 aromatic heterocycles. The lowest BCUT2D eigenvalue weighted by Crippen LogP contribution is -1.68. The van der Waals surface area contributed by atoms with Gasteiger partial charge >= 0.3 is 0 Å². The van der Waals surface area contributed by atoms with Crippen molar-refractivity contribution >= 4 is 17.4 Å². The van der Waals surface area contributed by atoms with Crippen LogP contribution >= 0.6 is 11.3 Å². The Morgan fingerprint density at radius 1 is 1.38 bits per heavy atom. The molecular formula is C10H4N2S. The summed E-state index contributed by atoms with van der Waals surface area (Å²) in [7, 11) is 0. The molecule has 0 fully saturated rings. The van der Waals surface area contributed by atoms with Gasteiger partial charge in [-0.1, -0.05) is 5.92 Å². The minimum absolute atomic E-state index is 0.0884. The summed E-state index contributed by atoms with van der Waals surface area (Å²) >= 11 is 1.38. The normalized spacial score (nSPS) is 7.77. The van der Waals surface area contributed by atoms with Gasteiger partial charge < -0.3 is 0 Å². The van der Waals surface area contributed by atoms with Crippen LogP contribution in [0.4, 0.5) is 0 Å². The summed E-state index contributed by atoms with van der Waals surface area (Å²) in [6.07, 6.45) is 6.69. The predicted molar refractivity (Wildman–Crippen MR) is 51.5 cm³/mol. The van der Waals surface area contributed by atoms with Gasteiger partial charge in [-0.3, -0.25) is 0 Å². The maximum Gasteiger partial charge on any atom is 0.131 e. The summed E-state index contributed by atoms with van der Waals surface area (Å²) in [4.78, 5) is 1.62. The number of rotatable bonds is 1. The van der Waals surface area contributed by atoms with Crippen molar-refractivity contribution < 1.29 is 0 Å². The minimum atomic E-state index is 0.0884. The van der Waals surface area contributed by atoms with Crippen LogP contribution in [0, 0.1) is 35.0 Å². The van der Waals surface area contributed by atoms with E-state index in [1.807, 2.05) is 0 Å². The van der Waals surface area contributed by atoms with Crippen LogP contribution in [-0.2, 0) is 0 Å². The fraction of sp³-hybridized carbons (Fsp3) is 0. The Balaban J connectivity index is 3.01. The zero-order valence-corrected chi connectivity index (χ0v) is 7.43. The Morgan fingerprint density at radius 2 is 2.08 bits per heavy atom. The van der Waals surface area contributed by atoms with Crippen LogP contribution in [0.3, 0.4) is 0 Å². The van der Waals surface area contributed by atoms with Gasteiger partial charge in [0.1, 0.15) is 17.7 Å². The van der Waals surface area contributed by atoms with E-state index in [0.717, 1.165) is 9.75 Å². The summed E-state index contributed by atoms with van der Waals surface area (Å²) in [5, 5.41) is 16.9. The molecule has 2 nitrogen and oxygen atoms in total. The highest BCUT2D eigenvalue weighted by Gasteiger charge is 1.97. The molecule has 3 heteroatoms. The maximum absolute atomic E-state index is 8.47. The largest absolute Gasteiger partial charge is 0.192 e. The van der Waals surface area contributed by atoms with Crippen molar-refractivity contribution in [3.05, 3.63) is 27.5 Å². The fourth-order valence-electron chi connectivity index (χ4n) is 0.740. The van der Waals surface area contributed by atoms with Crippen molar-refractivity contribution in [2.24, 2.45) is 0 Å². The molecule has 1 rings (SSSR count). The molecule has 0 spiro atoms. The average Bonchev–Trinajstić information content (AvgIpc) is 2.61. The quantitative estimate of drug-likeness (QED) is 0.496. The van der Waals surface area contributed by atoms with Gasteiger partial charge in [-0.05, 0) is 18.2 Å². The highest BCUT2D eigenvalue weighted by molar-refractivity contribution is 7.13. The van der Waals surface area contributed by atoms with E-state index in [9.17, 15) is 0 Å². The van der Waals surface area contributed by atoms with E-state index in [-0.39, 0.29) is 5.57 Å². The van der Waals surface area contributed by atoms with Crippen LogP contribution in [0.1, 0.15) is 9.75 Å². The molecule has 1 heterocycles. The van der Waals surface area contributed by atoms with Crippen molar-refractivity contribution in [3.63, 3.8) is 0 Å². The monoisotopic (exact) mass is 184 g/mol. The van der Waals surface area contributed by atoms with Crippen LogP contribution in [0.2, 0.25) is 0 Å². The molecule has 0 amide bonds. The molecule has 0 N–H and O–H groups in total.